The average molecular weight is 540 g/mol. The van der Waals surface area contributed by atoms with Gasteiger partial charge in [0.25, 0.3) is 5.91 Å². The van der Waals surface area contributed by atoms with Crippen molar-refractivity contribution in [2.75, 3.05) is 5.32 Å². The van der Waals surface area contributed by atoms with E-state index in [0.29, 0.717) is 40.6 Å². The van der Waals surface area contributed by atoms with Gasteiger partial charge in [-0.2, -0.15) is 23.4 Å². The molecule has 0 fully saturated rings. The van der Waals surface area contributed by atoms with Crippen LogP contribution >= 0.6 is 22.9 Å². The molecule has 0 radical (unpaired) electrons. The molecule has 4 rings (SSSR count). The predicted molar refractivity (Wildman–Crippen MR) is 130 cm³/mol. The molecule has 4 aromatic heterocycles. The molecule has 4 heterocycles. The quantitative estimate of drug-likeness (QED) is 0.340. The van der Waals surface area contributed by atoms with Crippen LogP contribution < -0.4 is 11.1 Å². The van der Waals surface area contributed by atoms with E-state index in [9.17, 15) is 22.8 Å². The van der Waals surface area contributed by atoms with Gasteiger partial charge in [0.1, 0.15) is 21.4 Å². The molecule has 0 aliphatic heterocycles. The van der Waals surface area contributed by atoms with Crippen molar-refractivity contribution in [3.63, 3.8) is 0 Å². The second kappa shape index (κ2) is 9.54. The first-order valence-corrected chi connectivity index (χ1v) is 12.0. The number of pyridine rings is 1. The number of nitrogens with one attached hydrogen (secondary N) is 1. The van der Waals surface area contributed by atoms with Crippen molar-refractivity contribution < 1.29 is 22.8 Å². The second-order valence-corrected chi connectivity index (χ2v) is 9.35. The van der Waals surface area contributed by atoms with Crippen LogP contribution in [-0.4, -0.2) is 36.4 Å². The largest absolute Gasteiger partial charge is 0.433 e. The molecule has 4 aromatic rings. The minimum atomic E-state index is -4.75. The normalized spacial score (nSPS) is 12.8. The molecule has 1 unspecified atom stereocenters. The lowest BCUT2D eigenvalue weighted by molar-refractivity contribution is -0.140. The highest BCUT2D eigenvalue weighted by atomic mass is 35.5. The van der Waals surface area contributed by atoms with E-state index in [1.165, 1.54) is 23.3 Å². The summed E-state index contributed by atoms with van der Waals surface area (Å²) < 4.78 is 44.2. The summed E-state index contributed by atoms with van der Waals surface area (Å²) in [6.45, 7) is 5.82. The fourth-order valence-corrected chi connectivity index (χ4v) is 5.11. The van der Waals surface area contributed by atoms with Crippen LogP contribution in [0.25, 0.3) is 21.3 Å². The molecule has 0 saturated heterocycles. The van der Waals surface area contributed by atoms with Gasteiger partial charge >= 0.3 is 6.18 Å². The maximum absolute atomic E-state index is 13.7. The van der Waals surface area contributed by atoms with E-state index < -0.39 is 29.7 Å². The summed E-state index contributed by atoms with van der Waals surface area (Å²) in [4.78, 5) is 29.1. The number of hydrogen-bond acceptors (Lipinski definition) is 6. The lowest BCUT2D eigenvalue weighted by Crippen LogP contribution is -2.27. The molecule has 0 aliphatic rings. The number of thiophene rings is 1. The zero-order valence-corrected chi connectivity index (χ0v) is 20.9. The molecular formula is C22H21ClF3N7O2S. The number of carbonyl (C=O) groups excluding carboxylic acids is 2. The number of aromatic nitrogens is 5. The standard InChI is InChI=1S/C22H21ClF3N7O2S/c1-4-14(33-9-11(23)7-28-33)20(35)31-17-16-12(13-8-29-32(5-2)10(13)3)6-15(22(24,25)26)30-21(16)36-18(17)19(27)34/h6-9,14H,4-5H2,1-3H3,(H2,27,34)(H,31,35). The third kappa shape index (κ3) is 4.55. The molecule has 0 aliphatic carbocycles. The first-order valence-electron chi connectivity index (χ1n) is 10.8. The number of rotatable bonds is 7. The number of fused-ring (bicyclic) bond motifs is 1. The first-order chi connectivity index (χ1) is 17.0. The molecule has 3 N–H and O–H groups in total. The maximum Gasteiger partial charge on any atom is 0.433 e. The predicted octanol–water partition coefficient (Wildman–Crippen LogP) is 5.05. The van der Waals surface area contributed by atoms with Crippen molar-refractivity contribution in [1.82, 2.24) is 24.5 Å². The summed E-state index contributed by atoms with van der Waals surface area (Å²) in [5.74, 6) is -1.46. The fraction of sp³-hybridized carbons (Fsp3) is 0.318. The van der Waals surface area contributed by atoms with E-state index in [1.54, 1.807) is 18.5 Å². The van der Waals surface area contributed by atoms with Crippen LogP contribution in [0.15, 0.2) is 24.7 Å². The van der Waals surface area contributed by atoms with Gasteiger partial charge in [0.15, 0.2) is 0 Å². The topological polar surface area (TPSA) is 121 Å². The van der Waals surface area contributed by atoms with Crippen LogP contribution in [0.1, 0.15) is 47.4 Å². The lowest BCUT2D eigenvalue weighted by Gasteiger charge is -2.17. The Kier molecular flexibility index (Phi) is 6.80. The number of nitrogens with zero attached hydrogens (tertiary/aromatic N) is 5. The van der Waals surface area contributed by atoms with Crippen molar-refractivity contribution in [2.24, 2.45) is 5.73 Å². The van der Waals surface area contributed by atoms with Gasteiger partial charge in [-0.3, -0.25) is 19.0 Å². The summed E-state index contributed by atoms with van der Waals surface area (Å²) in [7, 11) is 0. The zero-order valence-electron chi connectivity index (χ0n) is 19.4. The Hall–Kier alpha value is -3.45. The Labute approximate surface area is 212 Å². The van der Waals surface area contributed by atoms with Gasteiger partial charge < -0.3 is 11.1 Å². The molecule has 0 bridgehead atoms. The Morgan fingerprint density at radius 1 is 1.22 bits per heavy atom. The lowest BCUT2D eigenvalue weighted by atomic mass is 10.0. The number of amides is 2. The van der Waals surface area contributed by atoms with E-state index in [4.69, 9.17) is 17.3 Å². The molecule has 36 heavy (non-hydrogen) atoms. The minimum Gasteiger partial charge on any atom is -0.365 e. The average Bonchev–Trinajstić information content (AvgIpc) is 3.50. The molecule has 190 valence electrons. The number of nitrogens with two attached hydrogens (primary N) is 1. The van der Waals surface area contributed by atoms with Crippen LogP contribution in [0.4, 0.5) is 18.9 Å². The number of alkyl halides is 3. The van der Waals surface area contributed by atoms with Crippen LogP contribution in [0.3, 0.4) is 0 Å². The number of aryl methyl sites for hydroxylation is 1. The summed E-state index contributed by atoms with van der Waals surface area (Å²) in [5.41, 5.74) is 5.56. The minimum absolute atomic E-state index is 0.0101. The van der Waals surface area contributed by atoms with Gasteiger partial charge in [0.05, 0.1) is 23.1 Å². The van der Waals surface area contributed by atoms with Crippen molar-refractivity contribution in [3.8, 4) is 11.1 Å². The highest BCUT2D eigenvalue weighted by Crippen LogP contribution is 2.44. The van der Waals surface area contributed by atoms with Gasteiger partial charge in [0, 0.05) is 29.4 Å². The summed E-state index contributed by atoms with van der Waals surface area (Å²) >= 11 is 6.62. The van der Waals surface area contributed by atoms with E-state index in [-0.39, 0.29) is 26.3 Å². The molecular weight excluding hydrogens is 519 g/mol. The van der Waals surface area contributed by atoms with Crippen LogP contribution in [0.2, 0.25) is 5.02 Å². The van der Waals surface area contributed by atoms with Crippen LogP contribution in [0, 0.1) is 6.92 Å². The van der Waals surface area contributed by atoms with E-state index in [0.717, 1.165) is 6.07 Å². The second-order valence-electron chi connectivity index (χ2n) is 7.91. The molecule has 14 heteroatoms. The van der Waals surface area contributed by atoms with Gasteiger partial charge in [-0.1, -0.05) is 18.5 Å². The van der Waals surface area contributed by atoms with Gasteiger partial charge in [-0.25, -0.2) is 4.98 Å². The van der Waals surface area contributed by atoms with Crippen molar-refractivity contribution in [1.29, 1.82) is 0 Å². The summed E-state index contributed by atoms with van der Waals surface area (Å²) in [6.07, 6.45) is -0.127. The van der Waals surface area contributed by atoms with E-state index in [2.05, 4.69) is 20.5 Å². The first kappa shape index (κ1) is 25.6. The number of primary amides is 1. The smallest absolute Gasteiger partial charge is 0.365 e. The molecule has 0 aromatic carbocycles. The number of halogens is 4. The highest BCUT2D eigenvalue weighted by Gasteiger charge is 2.36. The Morgan fingerprint density at radius 3 is 2.47 bits per heavy atom. The third-order valence-corrected chi connectivity index (χ3v) is 6.99. The molecule has 9 nitrogen and oxygen atoms in total. The van der Waals surface area contributed by atoms with Gasteiger partial charge in [-0.05, 0) is 31.9 Å². The van der Waals surface area contributed by atoms with Gasteiger partial charge in [0.2, 0.25) is 5.91 Å². The number of hydrogen-bond donors (Lipinski definition) is 2. The summed E-state index contributed by atoms with van der Waals surface area (Å²) in [6, 6.07) is 0.0907. The van der Waals surface area contributed by atoms with E-state index in [1.807, 2.05) is 6.92 Å². The molecule has 0 spiro atoms. The monoisotopic (exact) mass is 539 g/mol. The van der Waals surface area contributed by atoms with Crippen LogP contribution in [0.5, 0.6) is 0 Å². The number of anilines is 1. The Morgan fingerprint density at radius 2 is 1.94 bits per heavy atom. The summed E-state index contributed by atoms with van der Waals surface area (Å²) in [5, 5.41) is 11.5. The van der Waals surface area contributed by atoms with Crippen molar-refractivity contribution in [2.45, 2.75) is 46.0 Å². The van der Waals surface area contributed by atoms with Crippen molar-refractivity contribution >= 4 is 50.7 Å². The number of carbonyl (C=O) groups is 2. The highest BCUT2D eigenvalue weighted by molar-refractivity contribution is 7.21. The molecule has 2 amide bonds. The van der Waals surface area contributed by atoms with Crippen molar-refractivity contribution in [3.05, 3.63) is 45.9 Å². The zero-order chi connectivity index (χ0) is 26.4. The Balaban J connectivity index is 1.96. The van der Waals surface area contributed by atoms with Crippen LogP contribution in [-0.2, 0) is 17.5 Å². The third-order valence-electron chi connectivity index (χ3n) is 5.70. The maximum atomic E-state index is 13.7. The fourth-order valence-electron chi connectivity index (χ4n) is 3.96. The molecule has 1 atom stereocenters. The Bertz CT molecular complexity index is 1470. The molecule has 0 saturated carbocycles. The SMILES string of the molecule is CCC(C(=O)Nc1c(C(N)=O)sc2nc(C(F)(F)F)cc(-c3cnn(CC)c3C)c12)n1cc(Cl)cn1. The van der Waals surface area contributed by atoms with E-state index >= 15 is 0 Å². The van der Waals surface area contributed by atoms with Gasteiger partial charge in [-0.15, -0.1) is 11.3 Å².